The number of halogens is 3. The highest BCUT2D eigenvalue weighted by atomic mass is 79.9. The van der Waals surface area contributed by atoms with Crippen LogP contribution in [0.3, 0.4) is 0 Å². The van der Waals surface area contributed by atoms with Gasteiger partial charge in [-0.2, -0.15) is 0 Å². The van der Waals surface area contributed by atoms with E-state index in [9.17, 15) is 23.2 Å². The largest absolute Gasteiger partial charge is 0.338 e. The number of hydrogen-bond donors (Lipinski definition) is 1. The number of imidazole rings is 1. The third kappa shape index (κ3) is 6.59. The standard InChI is InChI=1S/C24H36BrF2N5O3/c1-22(2,3)12-16(33)30-9-7-10-32-15(13-30)17(28-21(32)25)19(34)29-18(23(4,5)6)20(35)31-11-8-24(26,27)14-31/h18H,7-14H2,1-6H3,(H,29,34). The number of alkyl halides is 2. The zero-order valence-electron chi connectivity index (χ0n) is 21.4. The van der Waals surface area contributed by atoms with Gasteiger partial charge in [-0.15, -0.1) is 0 Å². The van der Waals surface area contributed by atoms with Crippen LogP contribution in [0.2, 0.25) is 0 Å². The molecule has 0 saturated carbocycles. The van der Waals surface area contributed by atoms with Crippen molar-refractivity contribution in [3.63, 3.8) is 0 Å². The summed E-state index contributed by atoms with van der Waals surface area (Å²) >= 11 is 3.42. The molecule has 35 heavy (non-hydrogen) atoms. The fraction of sp³-hybridized carbons (Fsp3) is 0.750. The monoisotopic (exact) mass is 559 g/mol. The van der Waals surface area contributed by atoms with E-state index >= 15 is 0 Å². The number of aromatic nitrogens is 2. The van der Waals surface area contributed by atoms with Crippen LogP contribution in [0.25, 0.3) is 0 Å². The highest BCUT2D eigenvalue weighted by molar-refractivity contribution is 9.10. The van der Waals surface area contributed by atoms with E-state index in [2.05, 4.69) is 26.2 Å². The van der Waals surface area contributed by atoms with Crippen molar-refractivity contribution in [2.45, 2.75) is 85.9 Å². The van der Waals surface area contributed by atoms with Crippen molar-refractivity contribution in [1.29, 1.82) is 0 Å². The van der Waals surface area contributed by atoms with Gasteiger partial charge in [0.05, 0.1) is 18.8 Å². The molecule has 2 aliphatic heterocycles. The minimum atomic E-state index is -2.92. The zero-order chi connectivity index (χ0) is 26.3. The van der Waals surface area contributed by atoms with Crippen molar-refractivity contribution >= 4 is 33.7 Å². The van der Waals surface area contributed by atoms with Crippen LogP contribution in [0, 0.1) is 10.8 Å². The van der Waals surface area contributed by atoms with E-state index in [-0.39, 0.29) is 36.5 Å². The lowest BCUT2D eigenvalue weighted by molar-refractivity contribution is -0.136. The molecule has 2 aliphatic rings. The van der Waals surface area contributed by atoms with Gasteiger partial charge < -0.3 is 19.7 Å². The average molecular weight is 560 g/mol. The van der Waals surface area contributed by atoms with Gasteiger partial charge in [-0.3, -0.25) is 14.4 Å². The Balaban J connectivity index is 1.85. The second kappa shape index (κ2) is 9.78. The van der Waals surface area contributed by atoms with Crippen LogP contribution in [-0.2, 0) is 22.7 Å². The van der Waals surface area contributed by atoms with Gasteiger partial charge in [-0.1, -0.05) is 41.5 Å². The highest BCUT2D eigenvalue weighted by Crippen LogP contribution is 2.31. The van der Waals surface area contributed by atoms with Gasteiger partial charge in [0.2, 0.25) is 11.8 Å². The molecule has 3 amide bonds. The van der Waals surface area contributed by atoms with E-state index in [4.69, 9.17) is 0 Å². The molecule has 11 heteroatoms. The molecular weight excluding hydrogens is 524 g/mol. The number of amides is 3. The van der Waals surface area contributed by atoms with Gasteiger partial charge in [-0.05, 0) is 33.2 Å². The predicted octanol–water partition coefficient (Wildman–Crippen LogP) is 3.83. The lowest BCUT2D eigenvalue weighted by Gasteiger charge is -2.33. The van der Waals surface area contributed by atoms with Crippen molar-refractivity contribution in [2.24, 2.45) is 10.8 Å². The maximum Gasteiger partial charge on any atom is 0.272 e. The van der Waals surface area contributed by atoms with Gasteiger partial charge in [0.25, 0.3) is 11.8 Å². The molecule has 3 heterocycles. The molecule has 0 aliphatic carbocycles. The number of nitrogens with zero attached hydrogens (tertiary/aromatic N) is 4. The minimum Gasteiger partial charge on any atom is -0.338 e. The van der Waals surface area contributed by atoms with Gasteiger partial charge in [0, 0.05) is 32.5 Å². The Labute approximate surface area is 213 Å². The summed E-state index contributed by atoms with van der Waals surface area (Å²) in [6.45, 7) is 12.0. The second-order valence-corrected chi connectivity index (χ2v) is 12.6. The third-order valence-corrected chi connectivity index (χ3v) is 6.90. The zero-order valence-corrected chi connectivity index (χ0v) is 23.0. The summed E-state index contributed by atoms with van der Waals surface area (Å²) in [5, 5.41) is 2.77. The third-order valence-electron chi connectivity index (χ3n) is 6.30. The maximum absolute atomic E-state index is 13.7. The molecule has 1 aromatic heterocycles. The van der Waals surface area contributed by atoms with Crippen molar-refractivity contribution in [1.82, 2.24) is 24.7 Å². The summed E-state index contributed by atoms with van der Waals surface area (Å²) in [6.07, 6.45) is 0.708. The molecule has 1 saturated heterocycles. The summed E-state index contributed by atoms with van der Waals surface area (Å²) in [5.41, 5.74) is -0.173. The van der Waals surface area contributed by atoms with Crippen LogP contribution in [0.4, 0.5) is 8.78 Å². The van der Waals surface area contributed by atoms with E-state index in [0.717, 1.165) is 4.90 Å². The predicted molar refractivity (Wildman–Crippen MR) is 131 cm³/mol. The van der Waals surface area contributed by atoms with E-state index in [1.165, 1.54) is 0 Å². The molecule has 0 bridgehead atoms. The number of likely N-dealkylation sites (tertiary alicyclic amines) is 1. The average Bonchev–Trinajstić information content (AvgIpc) is 3.11. The first kappa shape index (κ1) is 27.5. The Morgan fingerprint density at radius 1 is 1.09 bits per heavy atom. The molecular formula is C24H36BrF2N5O3. The number of carbonyl (C=O) groups excluding carboxylic acids is 3. The quantitative estimate of drug-likeness (QED) is 0.607. The van der Waals surface area contributed by atoms with Crippen LogP contribution in [-0.4, -0.2) is 68.7 Å². The Morgan fingerprint density at radius 3 is 2.29 bits per heavy atom. The molecule has 0 spiro atoms. The van der Waals surface area contributed by atoms with Crippen molar-refractivity contribution < 1.29 is 23.2 Å². The molecule has 196 valence electrons. The molecule has 1 fully saturated rings. The molecule has 3 rings (SSSR count). The van der Waals surface area contributed by atoms with Crippen LogP contribution in [0.1, 0.15) is 77.0 Å². The number of carbonyl (C=O) groups is 3. The molecule has 0 aromatic carbocycles. The SMILES string of the molecule is CC(C)(C)CC(=O)N1CCCn2c(Br)nc(C(=O)NC(C(=O)N3CCC(F)(F)C3)C(C)(C)C)c2C1. The summed E-state index contributed by atoms with van der Waals surface area (Å²) in [5.74, 6) is -4.01. The lowest BCUT2D eigenvalue weighted by Crippen LogP contribution is -2.54. The normalized spacial score (nSPS) is 19.2. The van der Waals surface area contributed by atoms with Crippen LogP contribution in [0.5, 0.6) is 0 Å². The minimum absolute atomic E-state index is 0.00679. The van der Waals surface area contributed by atoms with Crippen molar-refractivity contribution in [2.75, 3.05) is 19.6 Å². The van der Waals surface area contributed by atoms with Crippen LogP contribution < -0.4 is 5.32 Å². The fourth-order valence-electron chi connectivity index (χ4n) is 4.44. The maximum atomic E-state index is 13.7. The topological polar surface area (TPSA) is 87.5 Å². The molecule has 1 atom stereocenters. The van der Waals surface area contributed by atoms with Gasteiger partial charge in [0.15, 0.2) is 10.4 Å². The van der Waals surface area contributed by atoms with E-state index in [1.807, 2.05) is 25.3 Å². The smallest absolute Gasteiger partial charge is 0.272 e. The molecule has 1 N–H and O–H groups in total. The second-order valence-electron chi connectivity index (χ2n) is 11.9. The van der Waals surface area contributed by atoms with Crippen LogP contribution >= 0.6 is 15.9 Å². The molecule has 1 aromatic rings. The van der Waals surface area contributed by atoms with Gasteiger partial charge >= 0.3 is 0 Å². The molecule has 1 unspecified atom stereocenters. The first-order chi connectivity index (χ1) is 16.0. The Kier molecular flexibility index (Phi) is 7.70. The Hall–Kier alpha value is -2.04. The number of rotatable bonds is 4. The molecule has 8 nitrogen and oxygen atoms in total. The first-order valence-corrected chi connectivity index (χ1v) is 12.8. The number of fused-ring (bicyclic) bond motifs is 1. The highest BCUT2D eigenvalue weighted by Gasteiger charge is 2.45. The van der Waals surface area contributed by atoms with Crippen LogP contribution in [0.15, 0.2) is 4.73 Å². The number of hydrogen-bond acceptors (Lipinski definition) is 4. The van der Waals surface area contributed by atoms with E-state index in [1.54, 1.807) is 25.7 Å². The van der Waals surface area contributed by atoms with Gasteiger partial charge in [-0.25, -0.2) is 13.8 Å². The van der Waals surface area contributed by atoms with Gasteiger partial charge in [0.1, 0.15) is 6.04 Å². The summed E-state index contributed by atoms with van der Waals surface area (Å²) in [7, 11) is 0. The fourth-order valence-corrected chi connectivity index (χ4v) is 5.01. The Bertz CT molecular complexity index is 997. The lowest BCUT2D eigenvalue weighted by atomic mass is 9.85. The van der Waals surface area contributed by atoms with Crippen molar-refractivity contribution in [3.8, 4) is 0 Å². The summed E-state index contributed by atoms with van der Waals surface area (Å²) in [4.78, 5) is 46.8. The van der Waals surface area contributed by atoms with E-state index < -0.39 is 35.7 Å². The Morgan fingerprint density at radius 2 is 1.74 bits per heavy atom. The molecule has 0 radical (unpaired) electrons. The summed E-state index contributed by atoms with van der Waals surface area (Å²) < 4.78 is 29.8. The summed E-state index contributed by atoms with van der Waals surface area (Å²) in [6, 6.07) is -1.01. The van der Waals surface area contributed by atoms with Crippen molar-refractivity contribution in [3.05, 3.63) is 16.1 Å². The van der Waals surface area contributed by atoms with E-state index in [0.29, 0.717) is 36.4 Å². The first-order valence-electron chi connectivity index (χ1n) is 12.0. The number of nitrogens with one attached hydrogen (secondary N) is 1.